The minimum absolute atomic E-state index is 0.0894. The highest BCUT2D eigenvalue weighted by molar-refractivity contribution is 14.1. The van der Waals surface area contributed by atoms with Crippen molar-refractivity contribution < 1.29 is 4.74 Å². The van der Waals surface area contributed by atoms with E-state index in [4.69, 9.17) is 14.7 Å². The van der Waals surface area contributed by atoms with Crippen LogP contribution in [-0.4, -0.2) is 28.7 Å². The second-order valence-electron chi connectivity index (χ2n) is 10.4. The van der Waals surface area contributed by atoms with Crippen molar-refractivity contribution in [1.82, 2.24) is 15.3 Å². The Hall–Kier alpha value is -1.05. The van der Waals surface area contributed by atoms with Crippen LogP contribution in [0.4, 0.5) is 0 Å². The SMILES string of the molecule is Ic1cc(CNCC[C@@]2(c3ccccn3)CCOC3(CCCC3)C2)cnc1CC1CCC1. The molecule has 4 nitrogen and oxygen atoms in total. The molecule has 0 aromatic carbocycles. The molecule has 32 heavy (non-hydrogen) atoms. The zero-order chi connectivity index (χ0) is 21.9. The van der Waals surface area contributed by atoms with Crippen molar-refractivity contribution >= 4 is 22.6 Å². The first-order valence-corrected chi connectivity index (χ1v) is 13.6. The van der Waals surface area contributed by atoms with Crippen LogP contribution in [0.25, 0.3) is 0 Å². The summed E-state index contributed by atoms with van der Waals surface area (Å²) >= 11 is 2.47. The number of halogens is 1. The second-order valence-corrected chi connectivity index (χ2v) is 11.5. The maximum absolute atomic E-state index is 6.39. The van der Waals surface area contributed by atoms with Gasteiger partial charge in [0.1, 0.15) is 0 Å². The molecule has 2 aromatic rings. The Balaban J connectivity index is 1.21. The first-order chi connectivity index (χ1) is 15.7. The standard InChI is InChI=1S/C27H36IN3O/c28-23-16-22(19-31-24(23)17-21-6-5-7-21)18-29-14-11-26(25-8-1-4-13-30-25)12-15-32-27(20-26)9-2-3-10-27/h1,4,8,13,16,19,21,29H,2-3,5-7,9-12,14-15,17-18,20H2/t26-/m1/s1. The van der Waals surface area contributed by atoms with Crippen LogP contribution < -0.4 is 5.32 Å². The molecule has 0 radical (unpaired) electrons. The summed E-state index contributed by atoms with van der Waals surface area (Å²) in [6.45, 7) is 2.74. The fourth-order valence-corrected chi connectivity index (χ4v) is 6.84. The number of nitrogens with one attached hydrogen (secondary N) is 1. The van der Waals surface area contributed by atoms with Gasteiger partial charge in [0.25, 0.3) is 0 Å². The Morgan fingerprint density at radius 3 is 2.69 bits per heavy atom. The molecule has 1 atom stereocenters. The van der Waals surface area contributed by atoms with Gasteiger partial charge in [0.05, 0.1) is 11.3 Å². The maximum atomic E-state index is 6.39. The van der Waals surface area contributed by atoms with Gasteiger partial charge in [0, 0.05) is 40.2 Å². The smallest absolute Gasteiger partial charge is 0.0691 e. The molecule has 3 aliphatic rings. The molecule has 0 bridgehead atoms. The van der Waals surface area contributed by atoms with E-state index in [1.54, 1.807) is 0 Å². The lowest BCUT2D eigenvalue weighted by Gasteiger charge is -2.46. The van der Waals surface area contributed by atoms with Gasteiger partial charge in [-0.2, -0.15) is 0 Å². The first-order valence-electron chi connectivity index (χ1n) is 12.6. The molecule has 1 N–H and O–H groups in total. The van der Waals surface area contributed by atoms with Crippen LogP contribution in [0.3, 0.4) is 0 Å². The summed E-state index contributed by atoms with van der Waals surface area (Å²) in [6, 6.07) is 8.74. The minimum atomic E-state index is 0.0894. The Labute approximate surface area is 206 Å². The van der Waals surface area contributed by atoms with E-state index >= 15 is 0 Å². The van der Waals surface area contributed by atoms with E-state index in [9.17, 15) is 0 Å². The Bertz CT molecular complexity index is 895. The van der Waals surface area contributed by atoms with E-state index in [-0.39, 0.29) is 11.0 Å². The van der Waals surface area contributed by atoms with Crippen LogP contribution >= 0.6 is 22.6 Å². The molecule has 0 unspecified atom stereocenters. The molecular weight excluding hydrogens is 509 g/mol. The number of nitrogens with zero attached hydrogens (tertiary/aromatic N) is 2. The monoisotopic (exact) mass is 545 g/mol. The minimum Gasteiger partial charge on any atom is -0.375 e. The third-order valence-electron chi connectivity index (χ3n) is 8.16. The first kappa shape index (κ1) is 22.7. The van der Waals surface area contributed by atoms with Crippen molar-refractivity contribution in [2.75, 3.05) is 13.2 Å². The van der Waals surface area contributed by atoms with E-state index < -0.39 is 0 Å². The van der Waals surface area contributed by atoms with Crippen molar-refractivity contribution in [3.8, 4) is 0 Å². The fraction of sp³-hybridized carbons (Fsp3) is 0.630. The zero-order valence-corrected chi connectivity index (χ0v) is 21.3. The fourth-order valence-electron chi connectivity index (χ4n) is 6.08. The van der Waals surface area contributed by atoms with Gasteiger partial charge in [-0.15, -0.1) is 0 Å². The number of ether oxygens (including phenoxy) is 1. The molecule has 172 valence electrons. The lowest BCUT2D eigenvalue weighted by molar-refractivity contribution is -0.104. The molecule has 0 amide bonds. The van der Waals surface area contributed by atoms with E-state index in [2.05, 4.69) is 52.3 Å². The van der Waals surface area contributed by atoms with Gasteiger partial charge in [0.15, 0.2) is 0 Å². The molecule has 2 saturated carbocycles. The summed E-state index contributed by atoms with van der Waals surface area (Å²) in [7, 11) is 0. The van der Waals surface area contributed by atoms with E-state index in [0.717, 1.165) is 51.3 Å². The van der Waals surface area contributed by atoms with Crippen LogP contribution in [0.5, 0.6) is 0 Å². The van der Waals surface area contributed by atoms with E-state index in [0.29, 0.717) is 0 Å². The Morgan fingerprint density at radius 2 is 1.97 bits per heavy atom. The number of hydrogen-bond acceptors (Lipinski definition) is 4. The van der Waals surface area contributed by atoms with Gasteiger partial charge in [-0.1, -0.05) is 38.2 Å². The highest BCUT2D eigenvalue weighted by atomic mass is 127. The quantitative estimate of drug-likeness (QED) is 0.328. The van der Waals surface area contributed by atoms with Crippen LogP contribution in [0.2, 0.25) is 0 Å². The lowest BCUT2D eigenvalue weighted by Crippen LogP contribution is -2.47. The molecule has 3 heterocycles. The summed E-state index contributed by atoms with van der Waals surface area (Å²) < 4.78 is 7.71. The molecule has 1 spiro atoms. The topological polar surface area (TPSA) is 47.0 Å². The summed E-state index contributed by atoms with van der Waals surface area (Å²) in [5.41, 5.74) is 4.05. The predicted molar refractivity (Wildman–Crippen MR) is 137 cm³/mol. The average molecular weight is 546 g/mol. The molecule has 5 heteroatoms. The summed E-state index contributed by atoms with van der Waals surface area (Å²) in [6.07, 6.45) is 17.7. The molecule has 3 fully saturated rings. The molecule has 2 aromatic heterocycles. The van der Waals surface area contributed by atoms with E-state index in [1.807, 2.05) is 12.3 Å². The van der Waals surface area contributed by atoms with Crippen molar-refractivity contribution in [3.63, 3.8) is 0 Å². The number of aromatic nitrogens is 2. The van der Waals surface area contributed by atoms with Gasteiger partial charge >= 0.3 is 0 Å². The van der Waals surface area contributed by atoms with Crippen molar-refractivity contribution in [3.05, 3.63) is 57.2 Å². The maximum Gasteiger partial charge on any atom is 0.0691 e. The highest BCUT2D eigenvalue weighted by Crippen LogP contribution is 2.49. The Morgan fingerprint density at radius 1 is 1.09 bits per heavy atom. The van der Waals surface area contributed by atoms with Crippen LogP contribution in [0.1, 0.15) is 81.2 Å². The van der Waals surface area contributed by atoms with Crippen molar-refractivity contribution in [2.24, 2.45) is 5.92 Å². The van der Waals surface area contributed by atoms with Gasteiger partial charge in [-0.3, -0.25) is 9.97 Å². The predicted octanol–water partition coefficient (Wildman–Crippen LogP) is 5.96. The van der Waals surface area contributed by atoms with Crippen LogP contribution in [0, 0.1) is 9.49 Å². The van der Waals surface area contributed by atoms with E-state index in [1.165, 1.54) is 65.5 Å². The van der Waals surface area contributed by atoms with Crippen molar-refractivity contribution in [2.45, 2.75) is 88.2 Å². The number of hydrogen-bond donors (Lipinski definition) is 1. The average Bonchev–Trinajstić information content (AvgIpc) is 3.23. The summed E-state index contributed by atoms with van der Waals surface area (Å²) in [5, 5.41) is 3.72. The largest absolute Gasteiger partial charge is 0.375 e. The molecule has 1 saturated heterocycles. The number of pyridine rings is 2. The molecule has 5 rings (SSSR count). The summed E-state index contributed by atoms with van der Waals surface area (Å²) in [4.78, 5) is 9.63. The van der Waals surface area contributed by atoms with Gasteiger partial charge < -0.3 is 10.1 Å². The van der Waals surface area contributed by atoms with Crippen molar-refractivity contribution in [1.29, 1.82) is 0 Å². The normalized spacial score (nSPS) is 25.2. The Kier molecular flexibility index (Phi) is 7.15. The molecule has 1 aliphatic heterocycles. The lowest BCUT2D eigenvalue weighted by atomic mass is 9.68. The van der Waals surface area contributed by atoms with Gasteiger partial charge in [0.2, 0.25) is 0 Å². The third-order valence-corrected chi connectivity index (χ3v) is 9.10. The zero-order valence-electron chi connectivity index (χ0n) is 19.1. The molecule has 2 aliphatic carbocycles. The highest BCUT2D eigenvalue weighted by Gasteiger charge is 2.48. The second kappa shape index (κ2) is 10.1. The van der Waals surface area contributed by atoms with Gasteiger partial charge in [-0.05, 0) is 97.3 Å². The third kappa shape index (κ3) is 5.05. The van der Waals surface area contributed by atoms with Crippen LogP contribution in [0.15, 0.2) is 36.7 Å². The van der Waals surface area contributed by atoms with Gasteiger partial charge in [-0.25, -0.2) is 0 Å². The van der Waals surface area contributed by atoms with Crippen LogP contribution in [-0.2, 0) is 23.1 Å². The summed E-state index contributed by atoms with van der Waals surface area (Å²) in [5.74, 6) is 0.866. The number of rotatable bonds is 8. The molecular formula is C27H36IN3O.